The SMILES string of the molecule is C[C@@H]1CCC(=O)[C@]12C[C@@H](C(C)(C)O[C@@H]1O[C@H](CO)[C@@H](O)[C@H](O)[C@H]1OC(=O)/C=C/c1ccccc1)CC[C@@]2(C)O. The lowest BCUT2D eigenvalue weighted by Crippen LogP contribution is -2.63. The van der Waals surface area contributed by atoms with Crippen molar-refractivity contribution in [2.45, 2.75) is 102 Å². The minimum atomic E-state index is -1.57. The van der Waals surface area contributed by atoms with E-state index < -0.39 is 59.9 Å². The summed E-state index contributed by atoms with van der Waals surface area (Å²) >= 11 is 0. The number of esters is 1. The van der Waals surface area contributed by atoms with Crippen molar-refractivity contribution in [3.8, 4) is 0 Å². The number of benzene rings is 1. The van der Waals surface area contributed by atoms with Crippen molar-refractivity contribution in [1.82, 2.24) is 0 Å². The van der Waals surface area contributed by atoms with Crippen LogP contribution in [0.1, 0.15) is 65.4 Å². The van der Waals surface area contributed by atoms with Gasteiger partial charge in [0, 0.05) is 12.5 Å². The number of hydrogen-bond donors (Lipinski definition) is 4. The highest BCUT2D eigenvalue weighted by atomic mass is 16.7. The van der Waals surface area contributed by atoms with Gasteiger partial charge in [-0.15, -0.1) is 0 Å². The number of ketones is 1. The van der Waals surface area contributed by atoms with E-state index in [1.165, 1.54) is 6.08 Å². The molecule has 0 aromatic heterocycles. The van der Waals surface area contributed by atoms with Crippen molar-refractivity contribution in [1.29, 1.82) is 0 Å². The summed E-state index contributed by atoms with van der Waals surface area (Å²) in [5.74, 6) is -0.821. The number of Topliss-reactive ketones (excluding diaryl/α,β-unsaturated/α-hetero) is 1. The van der Waals surface area contributed by atoms with Gasteiger partial charge in [0.2, 0.25) is 0 Å². The highest BCUT2D eigenvalue weighted by molar-refractivity contribution is 5.89. The molecule has 1 saturated heterocycles. The van der Waals surface area contributed by atoms with E-state index in [1.54, 1.807) is 13.0 Å². The Morgan fingerprint density at radius 3 is 2.49 bits per heavy atom. The van der Waals surface area contributed by atoms with Gasteiger partial charge in [-0.1, -0.05) is 37.3 Å². The zero-order valence-corrected chi connectivity index (χ0v) is 23.2. The molecule has 1 aromatic rings. The van der Waals surface area contributed by atoms with E-state index in [-0.39, 0.29) is 17.6 Å². The summed E-state index contributed by atoms with van der Waals surface area (Å²) in [5.41, 5.74) is -2.15. The summed E-state index contributed by atoms with van der Waals surface area (Å²) in [4.78, 5) is 25.8. The van der Waals surface area contributed by atoms with E-state index in [9.17, 15) is 30.0 Å². The number of hydrogen-bond acceptors (Lipinski definition) is 9. The molecular weight excluding hydrogens is 504 g/mol. The molecule has 2 saturated carbocycles. The molecule has 9 nitrogen and oxygen atoms in total. The predicted molar refractivity (Wildman–Crippen MR) is 142 cm³/mol. The zero-order chi connectivity index (χ0) is 28.6. The Kier molecular flexibility index (Phi) is 8.71. The van der Waals surface area contributed by atoms with Crippen LogP contribution in [0.5, 0.6) is 0 Å². The van der Waals surface area contributed by atoms with Crippen molar-refractivity contribution in [2.75, 3.05) is 6.61 Å². The fourth-order valence-corrected chi connectivity index (χ4v) is 6.79. The quantitative estimate of drug-likeness (QED) is 0.299. The lowest BCUT2D eigenvalue weighted by Gasteiger charge is -2.54. The van der Waals surface area contributed by atoms with Crippen LogP contribution in [-0.2, 0) is 23.8 Å². The first kappa shape index (κ1) is 29.8. The molecule has 2 aliphatic carbocycles. The second-order valence-corrected chi connectivity index (χ2v) is 12.1. The van der Waals surface area contributed by atoms with Crippen LogP contribution in [0.3, 0.4) is 0 Å². The first-order valence-electron chi connectivity index (χ1n) is 13.8. The smallest absolute Gasteiger partial charge is 0.331 e. The molecule has 0 bridgehead atoms. The van der Waals surface area contributed by atoms with Crippen LogP contribution in [0.15, 0.2) is 36.4 Å². The maximum absolute atomic E-state index is 13.2. The van der Waals surface area contributed by atoms with Crippen LogP contribution in [0.25, 0.3) is 6.08 Å². The molecule has 3 aliphatic rings. The molecule has 9 atom stereocenters. The summed E-state index contributed by atoms with van der Waals surface area (Å²) in [5, 5.41) is 42.4. The van der Waals surface area contributed by atoms with Crippen molar-refractivity contribution in [3.63, 3.8) is 0 Å². The van der Waals surface area contributed by atoms with Crippen LogP contribution in [-0.4, -0.2) is 80.7 Å². The molecule has 1 aromatic carbocycles. The number of carbonyl (C=O) groups is 2. The van der Waals surface area contributed by atoms with Gasteiger partial charge in [0.05, 0.1) is 23.2 Å². The van der Waals surface area contributed by atoms with Gasteiger partial charge in [-0.3, -0.25) is 4.79 Å². The molecule has 0 unspecified atom stereocenters. The normalized spacial score (nSPS) is 39.4. The van der Waals surface area contributed by atoms with Crippen molar-refractivity contribution >= 4 is 17.8 Å². The molecule has 0 amide bonds. The highest BCUT2D eigenvalue weighted by Gasteiger charge is 2.62. The molecular formula is C30H42O9. The van der Waals surface area contributed by atoms with Gasteiger partial charge in [-0.05, 0) is 69.9 Å². The lowest BCUT2D eigenvalue weighted by molar-refractivity contribution is -0.332. The van der Waals surface area contributed by atoms with E-state index in [0.29, 0.717) is 25.7 Å². The molecule has 216 valence electrons. The molecule has 3 fully saturated rings. The monoisotopic (exact) mass is 546 g/mol. The summed E-state index contributed by atoms with van der Waals surface area (Å²) in [6.45, 7) is 6.89. The first-order chi connectivity index (χ1) is 18.3. The predicted octanol–water partition coefficient (Wildman–Crippen LogP) is 2.38. The van der Waals surface area contributed by atoms with E-state index >= 15 is 0 Å². The number of ether oxygens (including phenoxy) is 3. The molecule has 4 rings (SSSR count). The Morgan fingerprint density at radius 2 is 1.87 bits per heavy atom. The van der Waals surface area contributed by atoms with Gasteiger partial charge in [0.15, 0.2) is 12.4 Å². The second-order valence-electron chi connectivity index (χ2n) is 12.1. The van der Waals surface area contributed by atoms with Crippen LogP contribution in [0, 0.1) is 17.3 Å². The van der Waals surface area contributed by atoms with Gasteiger partial charge in [0.1, 0.15) is 24.1 Å². The Balaban J connectivity index is 1.54. The van der Waals surface area contributed by atoms with Gasteiger partial charge < -0.3 is 34.6 Å². The molecule has 1 spiro atoms. The standard InChI is InChI=1S/C30H42O9/c1-18-10-12-22(32)30(18)16-20(14-15-29(30,4)36)28(2,3)39-27-26(25(35)24(34)21(17-31)37-27)38-23(33)13-11-19-8-6-5-7-9-19/h5-9,11,13,18,20-21,24-27,31,34-36H,10,12,14-17H2,1-4H3/b13-11+/t18-,20+,21-,24-,25+,26-,27+,29-,30+/m1/s1. The number of rotatable bonds is 7. The average Bonchev–Trinajstić information content (AvgIpc) is 3.18. The fourth-order valence-electron chi connectivity index (χ4n) is 6.79. The Hall–Kier alpha value is -2.14. The maximum Gasteiger partial charge on any atom is 0.331 e. The minimum absolute atomic E-state index is 0.0189. The van der Waals surface area contributed by atoms with Gasteiger partial charge in [0.25, 0.3) is 0 Å². The Labute approximate surface area is 229 Å². The number of aliphatic hydroxyl groups excluding tert-OH is 3. The summed E-state index contributed by atoms with van der Waals surface area (Å²) in [7, 11) is 0. The third-order valence-corrected chi connectivity index (χ3v) is 9.34. The van der Waals surface area contributed by atoms with Crippen molar-refractivity contribution in [3.05, 3.63) is 42.0 Å². The zero-order valence-electron chi connectivity index (χ0n) is 23.2. The Morgan fingerprint density at radius 1 is 1.18 bits per heavy atom. The van der Waals surface area contributed by atoms with Gasteiger partial charge >= 0.3 is 5.97 Å². The van der Waals surface area contributed by atoms with Gasteiger partial charge in [-0.25, -0.2) is 4.79 Å². The van der Waals surface area contributed by atoms with Gasteiger partial charge in [-0.2, -0.15) is 0 Å². The Bertz CT molecular complexity index is 1050. The number of carbonyl (C=O) groups excluding carboxylic acids is 2. The fraction of sp³-hybridized carbons (Fsp3) is 0.667. The van der Waals surface area contributed by atoms with Crippen molar-refractivity contribution in [2.24, 2.45) is 17.3 Å². The van der Waals surface area contributed by atoms with Crippen LogP contribution in [0.4, 0.5) is 0 Å². The summed E-state index contributed by atoms with van der Waals surface area (Å²) < 4.78 is 17.7. The topological polar surface area (TPSA) is 143 Å². The van der Waals surface area contributed by atoms with E-state index in [4.69, 9.17) is 14.2 Å². The third-order valence-electron chi connectivity index (χ3n) is 9.34. The maximum atomic E-state index is 13.2. The third kappa shape index (κ3) is 5.71. The van der Waals surface area contributed by atoms with E-state index in [1.807, 2.05) is 51.1 Å². The molecule has 0 radical (unpaired) electrons. The minimum Gasteiger partial charge on any atom is -0.451 e. The second kappa shape index (κ2) is 11.4. The molecule has 39 heavy (non-hydrogen) atoms. The van der Waals surface area contributed by atoms with Crippen molar-refractivity contribution < 1.29 is 44.2 Å². The largest absolute Gasteiger partial charge is 0.451 e. The molecule has 4 N–H and O–H groups in total. The highest BCUT2D eigenvalue weighted by Crippen LogP contribution is 2.58. The summed E-state index contributed by atoms with van der Waals surface area (Å²) in [6.07, 6.45) is -1.49. The van der Waals surface area contributed by atoms with Crippen LogP contribution < -0.4 is 0 Å². The molecule has 9 heteroatoms. The molecule has 1 aliphatic heterocycles. The van der Waals surface area contributed by atoms with Crippen LogP contribution in [0.2, 0.25) is 0 Å². The summed E-state index contributed by atoms with van der Waals surface area (Å²) in [6, 6.07) is 9.14. The lowest BCUT2D eigenvalue weighted by atomic mass is 9.54. The van der Waals surface area contributed by atoms with E-state index in [0.717, 1.165) is 12.0 Å². The number of aliphatic hydroxyl groups is 4. The first-order valence-corrected chi connectivity index (χ1v) is 13.8. The average molecular weight is 547 g/mol. The molecule has 1 heterocycles. The van der Waals surface area contributed by atoms with Crippen LogP contribution >= 0.6 is 0 Å². The van der Waals surface area contributed by atoms with E-state index in [2.05, 4.69) is 0 Å².